The Morgan fingerprint density at radius 2 is 1.69 bits per heavy atom. The van der Waals surface area contributed by atoms with Gasteiger partial charge in [0.15, 0.2) is 10.3 Å². The molecule has 0 bridgehead atoms. The quantitative estimate of drug-likeness (QED) is 0.288. The fourth-order valence-corrected chi connectivity index (χ4v) is 4.97. The molecule has 9 heteroatoms. The lowest BCUT2D eigenvalue weighted by atomic mass is 10.1. The molecule has 0 spiro atoms. The van der Waals surface area contributed by atoms with Crippen LogP contribution in [0, 0.1) is 0 Å². The van der Waals surface area contributed by atoms with Crippen molar-refractivity contribution in [2.45, 2.75) is 16.7 Å². The summed E-state index contributed by atoms with van der Waals surface area (Å²) >= 11 is 9.04. The van der Waals surface area contributed by atoms with E-state index >= 15 is 0 Å². The first-order valence-electron chi connectivity index (χ1n) is 9.77. The summed E-state index contributed by atoms with van der Waals surface area (Å²) in [6.45, 7) is 0.682. The predicted molar refractivity (Wildman–Crippen MR) is 130 cm³/mol. The van der Waals surface area contributed by atoms with Gasteiger partial charge in [-0.15, -0.1) is 23.1 Å². The second kappa shape index (κ2) is 10.7. The Balaban J connectivity index is 1.55. The molecular weight excluding hydrogens is 464 g/mol. The van der Waals surface area contributed by atoms with E-state index in [1.165, 1.54) is 11.3 Å². The summed E-state index contributed by atoms with van der Waals surface area (Å²) in [5.41, 5.74) is 2.12. The molecule has 0 amide bonds. The highest BCUT2D eigenvalue weighted by molar-refractivity contribution is 7.99. The van der Waals surface area contributed by atoms with E-state index in [-0.39, 0.29) is 5.25 Å². The molecule has 1 atom stereocenters. The van der Waals surface area contributed by atoms with Crippen LogP contribution in [0.3, 0.4) is 0 Å². The van der Waals surface area contributed by atoms with E-state index in [0.717, 1.165) is 21.0 Å². The Kier molecular flexibility index (Phi) is 7.47. The largest absolute Gasteiger partial charge is 0.481 e. The van der Waals surface area contributed by atoms with E-state index in [1.807, 2.05) is 18.2 Å². The Morgan fingerprint density at radius 3 is 2.28 bits per heavy atom. The minimum Gasteiger partial charge on any atom is -0.481 e. The molecule has 2 aromatic heterocycles. The van der Waals surface area contributed by atoms with Crippen molar-refractivity contribution in [2.75, 3.05) is 19.5 Å². The number of methoxy groups -OCH3 is 2. The van der Waals surface area contributed by atoms with Crippen LogP contribution in [0.25, 0.3) is 0 Å². The second-order valence-corrected chi connectivity index (χ2v) is 9.55. The van der Waals surface area contributed by atoms with Gasteiger partial charge in [0.25, 0.3) is 0 Å². The summed E-state index contributed by atoms with van der Waals surface area (Å²) in [4.78, 5) is 15.4. The van der Waals surface area contributed by atoms with Crippen molar-refractivity contribution in [3.05, 3.63) is 87.6 Å². The predicted octanol–water partition coefficient (Wildman–Crippen LogP) is 6.10. The van der Waals surface area contributed by atoms with Gasteiger partial charge in [-0.2, -0.15) is 9.97 Å². The van der Waals surface area contributed by atoms with Gasteiger partial charge in [0.2, 0.25) is 11.8 Å². The number of hydrogen-bond acceptors (Lipinski definition) is 8. The molecule has 2 heterocycles. The molecule has 4 aromatic rings. The molecule has 4 rings (SSSR count). The molecule has 6 nitrogen and oxygen atoms in total. The van der Waals surface area contributed by atoms with Gasteiger partial charge in [0.1, 0.15) is 0 Å². The third kappa shape index (κ3) is 5.70. The number of thioether (sulfide) groups is 1. The van der Waals surface area contributed by atoms with E-state index < -0.39 is 0 Å². The SMILES string of the molecule is COc1cc(OC)nc(C(Sc2ccc(NCc3cnc(Cl)s3)cc2)c2ccccc2)n1. The fourth-order valence-electron chi connectivity index (χ4n) is 2.99. The van der Waals surface area contributed by atoms with Crippen LogP contribution in [-0.2, 0) is 6.54 Å². The number of nitrogens with one attached hydrogen (secondary N) is 1. The number of rotatable bonds is 9. The van der Waals surface area contributed by atoms with Gasteiger partial charge in [-0.05, 0) is 29.8 Å². The number of thiazole rings is 1. The van der Waals surface area contributed by atoms with Crippen LogP contribution >= 0.6 is 34.7 Å². The van der Waals surface area contributed by atoms with Crippen molar-refractivity contribution < 1.29 is 9.47 Å². The van der Waals surface area contributed by atoms with Gasteiger partial charge >= 0.3 is 0 Å². The van der Waals surface area contributed by atoms with Crippen LogP contribution in [0.15, 0.2) is 71.8 Å². The van der Waals surface area contributed by atoms with E-state index in [1.54, 1.807) is 38.2 Å². The zero-order valence-electron chi connectivity index (χ0n) is 17.5. The monoisotopic (exact) mass is 484 g/mol. The zero-order valence-corrected chi connectivity index (χ0v) is 19.9. The van der Waals surface area contributed by atoms with Crippen LogP contribution in [0.5, 0.6) is 11.8 Å². The van der Waals surface area contributed by atoms with E-state index in [9.17, 15) is 0 Å². The van der Waals surface area contributed by atoms with Crippen molar-refractivity contribution >= 4 is 40.4 Å². The molecule has 0 aliphatic heterocycles. The van der Waals surface area contributed by atoms with E-state index in [4.69, 9.17) is 21.1 Å². The van der Waals surface area contributed by atoms with Gasteiger partial charge in [0, 0.05) is 21.7 Å². The van der Waals surface area contributed by atoms with Crippen LogP contribution in [0.1, 0.15) is 21.5 Å². The van der Waals surface area contributed by atoms with Crippen LogP contribution < -0.4 is 14.8 Å². The minimum atomic E-state index is -0.127. The molecule has 1 N–H and O–H groups in total. The molecule has 1 unspecified atom stereocenters. The zero-order chi connectivity index (χ0) is 22.3. The first-order chi connectivity index (χ1) is 15.6. The summed E-state index contributed by atoms with van der Waals surface area (Å²) in [6, 6.07) is 20.1. The van der Waals surface area contributed by atoms with Crippen LogP contribution in [0.2, 0.25) is 4.47 Å². The van der Waals surface area contributed by atoms with Crippen molar-refractivity contribution in [3.8, 4) is 11.8 Å². The first kappa shape index (κ1) is 22.4. The molecule has 0 saturated heterocycles. The topological polar surface area (TPSA) is 69.2 Å². The second-order valence-electron chi connectivity index (χ2n) is 6.68. The molecule has 0 saturated carbocycles. The minimum absolute atomic E-state index is 0.127. The standard InChI is InChI=1S/C23H21ClN4O2S2/c1-29-19-12-20(30-2)28-22(27-19)21(15-6-4-3-5-7-15)31-17-10-8-16(9-11-17)25-13-18-14-26-23(24)32-18/h3-12,14,21,25H,13H2,1-2H3. The lowest BCUT2D eigenvalue weighted by Gasteiger charge is -2.17. The normalized spacial score (nSPS) is 11.7. The van der Waals surface area contributed by atoms with Gasteiger partial charge < -0.3 is 14.8 Å². The van der Waals surface area contributed by atoms with Gasteiger partial charge in [0.05, 0.1) is 32.1 Å². The highest BCUT2D eigenvalue weighted by Gasteiger charge is 2.21. The van der Waals surface area contributed by atoms with Crippen molar-refractivity contribution in [1.82, 2.24) is 15.0 Å². The molecule has 0 aliphatic carbocycles. The molecule has 32 heavy (non-hydrogen) atoms. The lowest BCUT2D eigenvalue weighted by Crippen LogP contribution is -2.06. The maximum Gasteiger partial charge on any atom is 0.220 e. The fraction of sp³-hybridized carbons (Fsp3) is 0.174. The summed E-state index contributed by atoms with van der Waals surface area (Å²) in [6.07, 6.45) is 1.79. The summed E-state index contributed by atoms with van der Waals surface area (Å²) in [5, 5.41) is 3.27. The van der Waals surface area contributed by atoms with Crippen molar-refractivity contribution in [2.24, 2.45) is 0 Å². The number of halogens is 1. The summed E-state index contributed by atoms with van der Waals surface area (Å²) in [5.74, 6) is 1.56. The number of aromatic nitrogens is 3. The number of nitrogens with zero attached hydrogens (tertiary/aromatic N) is 3. The van der Waals surface area contributed by atoms with Gasteiger partial charge in [-0.25, -0.2) is 4.98 Å². The maximum atomic E-state index is 5.90. The summed E-state index contributed by atoms with van der Waals surface area (Å²) in [7, 11) is 3.17. The average Bonchev–Trinajstić information content (AvgIpc) is 3.27. The number of anilines is 1. The number of benzene rings is 2. The molecular formula is C23H21ClN4O2S2. The highest BCUT2D eigenvalue weighted by atomic mass is 35.5. The highest BCUT2D eigenvalue weighted by Crippen LogP contribution is 2.40. The third-order valence-electron chi connectivity index (χ3n) is 4.55. The van der Waals surface area contributed by atoms with Crippen LogP contribution in [-0.4, -0.2) is 29.2 Å². The molecule has 164 valence electrons. The van der Waals surface area contributed by atoms with E-state index in [0.29, 0.717) is 28.6 Å². The van der Waals surface area contributed by atoms with Gasteiger partial charge in [-0.1, -0.05) is 41.9 Å². The smallest absolute Gasteiger partial charge is 0.220 e. The van der Waals surface area contributed by atoms with Crippen LogP contribution in [0.4, 0.5) is 5.69 Å². The lowest BCUT2D eigenvalue weighted by molar-refractivity contribution is 0.368. The maximum absolute atomic E-state index is 5.90. The summed E-state index contributed by atoms with van der Waals surface area (Å²) < 4.78 is 11.3. The van der Waals surface area contributed by atoms with Crippen molar-refractivity contribution in [3.63, 3.8) is 0 Å². The Hall–Kier alpha value is -2.81. The Bertz CT molecular complexity index is 1130. The Labute approximate surface area is 200 Å². The molecule has 0 aliphatic rings. The number of hydrogen-bond donors (Lipinski definition) is 1. The third-order valence-corrected chi connectivity index (χ3v) is 6.93. The Morgan fingerprint density at radius 1 is 1.00 bits per heavy atom. The molecule has 0 radical (unpaired) electrons. The van der Waals surface area contributed by atoms with Gasteiger partial charge in [-0.3, -0.25) is 0 Å². The number of ether oxygens (including phenoxy) is 2. The van der Waals surface area contributed by atoms with Crippen molar-refractivity contribution in [1.29, 1.82) is 0 Å². The first-order valence-corrected chi connectivity index (χ1v) is 11.8. The molecule has 2 aromatic carbocycles. The van der Waals surface area contributed by atoms with E-state index in [2.05, 4.69) is 56.7 Å². The average molecular weight is 485 g/mol. The molecule has 0 fully saturated rings.